The number of aliphatic hydroxyl groups is 1. The Hall–Kier alpha value is -2.04. The van der Waals surface area contributed by atoms with Gasteiger partial charge in [-0.15, -0.1) is 0 Å². The van der Waals surface area contributed by atoms with Crippen LogP contribution in [0.3, 0.4) is 0 Å². The molecule has 1 aliphatic heterocycles. The molecule has 0 bridgehead atoms. The van der Waals surface area contributed by atoms with E-state index in [0.717, 1.165) is 5.57 Å². The second kappa shape index (κ2) is 6.61. The Kier molecular flexibility index (Phi) is 4.83. The number of aliphatic hydroxyl groups excluding tert-OH is 1. The van der Waals surface area contributed by atoms with Crippen LogP contribution in [0.5, 0.6) is 0 Å². The third-order valence-corrected chi connectivity index (χ3v) is 3.56. The van der Waals surface area contributed by atoms with Crippen molar-refractivity contribution in [2.75, 3.05) is 6.54 Å². The van der Waals surface area contributed by atoms with Crippen molar-refractivity contribution in [3.63, 3.8) is 0 Å². The van der Waals surface area contributed by atoms with Crippen molar-refractivity contribution >= 4 is 17.7 Å². The zero-order chi connectivity index (χ0) is 15.4. The molecule has 1 saturated heterocycles. The summed E-state index contributed by atoms with van der Waals surface area (Å²) in [4.78, 5) is 13.2. The van der Waals surface area contributed by atoms with Crippen molar-refractivity contribution in [3.05, 3.63) is 71.8 Å². The Labute approximate surface area is 128 Å². The number of carbonyl (C=O) groups is 1. The van der Waals surface area contributed by atoms with Crippen molar-refractivity contribution in [1.29, 1.82) is 0 Å². The maximum Gasteiger partial charge on any atom is 0.413 e. The van der Waals surface area contributed by atoms with Gasteiger partial charge in [-0.1, -0.05) is 61.2 Å². The molecule has 1 aromatic rings. The van der Waals surface area contributed by atoms with E-state index in [9.17, 15) is 9.90 Å². The van der Waals surface area contributed by atoms with Gasteiger partial charge < -0.3 is 9.84 Å². The fraction of sp³-hybridized carbons (Fsp3) is 0.188. The predicted octanol–water partition coefficient (Wildman–Crippen LogP) is 3.45. The first-order valence-electron chi connectivity index (χ1n) is 6.42. The highest BCUT2D eigenvalue weighted by Crippen LogP contribution is 2.35. The van der Waals surface area contributed by atoms with Gasteiger partial charge in [0.1, 0.15) is 0 Å². The van der Waals surface area contributed by atoms with E-state index in [1.165, 1.54) is 4.90 Å². The van der Waals surface area contributed by atoms with Gasteiger partial charge in [0, 0.05) is 10.6 Å². The number of rotatable bonds is 5. The molecule has 4 nitrogen and oxygen atoms in total. The topological polar surface area (TPSA) is 49.8 Å². The number of benzene rings is 1. The molecule has 21 heavy (non-hydrogen) atoms. The van der Waals surface area contributed by atoms with E-state index in [1.54, 1.807) is 42.5 Å². The van der Waals surface area contributed by atoms with Crippen LogP contribution in [-0.4, -0.2) is 28.9 Å². The monoisotopic (exact) mass is 305 g/mol. The second-order valence-electron chi connectivity index (χ2n) is 4.55. The Morgan fingerprint density at radius 2 is 2.14 bits per heavy atom. The summed E-state index contributed by atoms with van der Waals surface area (Å²) in [6.45, 7) is 7.45. The molecule has 0 spiro atoms. The Balaban J connectivity index is 2.22. The third-order valence-electron chi connectivity index (χ3n) is 3.21. The first-order valence-corrected chi connectivity index (χ1v) is 6.80. The van der Waals surface area contributed by atoms with Crippen molar-refractivity contribution in [2.45, 2.75) is 12.3 Å². The van der Waals surface area contributed by atoms with Crippen molar-refractivity contribution in [3.8, 4) is 0 Å². The predicted molar refractivity (Wildman–Crippen MR) is 81.9 cm³/mol. The average molecular weight is 306 g/mol. The maximum atomic E-state index is 11.9. The summed E-state index contributed by atoms with van der Waals surface area (Å²) in [6.07, 6.45) is 2.41. The van der Waals surface area contributed by atoms with E-state index < -0.39 is 18.4 Å². The number of halogens is 1. The van der Waals surface area contributed by atoms with Gasteiger partial charge >= 0.3 is 6.09 Å². The average Bonchev–Trinajstić information content (AvgIpc) is 2.75. The number of hydrogen-bond donors (Lipinski definition) is 1. The van der Waals surface area contributed by atoms with Gasteiger partial charge in [-0.2, -0.15) is 0 Å². The zero-order valence-electron chi connectivity index (χ0n) is 11.4. The van der Waals surface area contributed by atoms with Crippen LogP contribution < -0.4 is 0 Å². The van der Waals surface area contributed by atoms with Crippen LogP contribution in [-0.2, 0) is 4.74 Å². The van der Waals surface area contributed by atoms with Crippen molar-refractivity contribution in [1.82, 2.24) is 4.90 Å². The second-order valence-corrected chi connectivity index (χ2v) is 4.96. The lowest BCUT2D eigenvalue weighted by Crippen LogP contribution is -2.35. The van der Waals surface area contributed by atoms with Gasteiger partial charge in [0.05, 0.1) is 6.54 Å². The van der Waals surface area contributed by atoms with Gasteiger partial charge in [0.2, 0.25) is 0 Å². The molecule has 2 unspecified atom stereocenters. The Morgan fingerprint density at radius 3 is 2.76 bits per heavy atom. The minimum atomic E-state index is -1.11. The standard InChI is InChI=1S/C16H16ClNO3/c1-3-7-11(4-2)10-18-15(19)14(21-16(18)20)12-8-5-6-9-13(12)17/h3-9,14-15,19H,1-2,10H2/b11-7+. The molecule has 110 valence electrons. The molecule has 5 heteroatoms. The summed E-state index contributed by atoms with van der Waals surface area (Å²) in [7, 11) is 0. The molecule has 1 aliphatic rings. The van der Waals surface area contributed by atoms with Crippen LogP contribution >= 0.6 is 11.6 Å². The van der Waals surface area contributed by atoms with Crippen molar-refractivity contribution in [2.24, 2.45) is 0 Å². The maximum absolute atomic E-state index is 11.9. The normalized spacial score (nSPS) is 22.1. The van der Waals surface area contributed by atoms with Crippen molar-refractivity contribution < 1.29 is 14.6 Å². The van der Waals surface area contributed by atoms with Crippen LogP contribution in [0.4, 0.5) is 4.79 Å². The summed E-state index contributed by atoms with van der Waals surface area (Å²) < 4.78 is 5.24. The van der Waals surface area contributed by atoms with Gasteiger partial charge in [0.15, 0.2) is 12.3 Å². The van der Waals surface area contributed by atoms with E-state index in [0.29, 0.717) is 10.6 Å². The van der Waals surface area contributed by atoms with Gasteiger partial charge in [-0.25, -0.2) is 4.79 Å². The molecule has 0 aliphatic carbocycles. The first kappa shape index (κ1) is 15.4. The van der Waals surface area contributed by atoms with E-state index in [2.05, 4.69) is 13.2 Å². The number of allylic oxidation sites excluding steroid dienone is 2. The molecule has 0 aromatic heterocycles. The molecule has 1 N–H and O–H groups in total. The largest absolute Gasteiger partial charge is 0.436 e. The fourth-order valence-corrected chi connectivity index (χ4v) is 2.37. The molecule has 2 rings (SSSR count). The molecule has 0 saturated carbocycles. The summed E-state index contributed by atoms with van der Waals surface area (Å²) in [6, 6.07) is 6.96. The van der Waals surface area contributed by atoms with Gasteiger partial charge in [-0.05, 0) is 11.6 Å². The zero-order valence-corrected chi connectivity index (χ0v) is 12.2. The molecule has 1 heterocycles. The number of amides is 1. The lowest BCUT2D eigenvalue weighted by atomic mass is 10.1. The summed E-state index contributed by atoms with van der Waals surface area (Å²) in [5.74, 6) is 0. The number of hydrogen-bond acceptors (Lipinski definition) is 3. The van der Waals surface area contributed by atoms with E-state index in [-0.39, 0.29) is 6.54 Å². The SMILES string of the molecule is C=C/C=C(\C=C)CN1C(=O)OC(c2ccccc2Cl)C1O. The van der Waals surface area contributed by atoms with E-state index >= 15 is 0 Å². The highest BCUT2D eigenvalue weighted by Gasteiger charge is 2.42. The summed E-state index contributed by atoms with van der Waals surface area (Å²) in [5, 5.41) is 10.8. The minimum absolute atomic E-state index is 0.191. The minimum Gasteiger partial charge on any atom is -0.436 e. The van der Waals surface area contributed by atoms with Gasteiger partial charge in [-0.3, -0.25) is 4.90 Å². The Bertz CT molecular complexity index is 597. The highest BCUT2D eigenvalue weighted by molar-refractivity contribution is 6.31. The molecule has 1 fully saturated rings. The lowest BCUT2D eigenvalue weighted by Gasteiger charge is -2.20. The van der Waals surface area contributed by atoms with Crippen LogP contribution in [0.1, 0.15) is 11.7 Å². The molecular weight excluding hydrogens is 290 g/mol. The molecule has 1 amide bonds. The lowest BCUT2D eigenvalue weighted by molar-refractivity contribution is 0.0168. The fourth-order valence-electron chi connectivity index (χ4n) is 2.13. The van der Waals surface area contributed by atoms with E-state index in [1.807, 2.05) is 0 Å². The van der Waals surface area contributed by atoms with Crippen LogP contribution in [0, 0.1) is 0 Å². The molecule has 1 aromatic carbocycles. The van der Waals surface area contributed by atoms with Gasteiger partial charge in [0.25, 0.3) is 0 Å². The van der Waals surface area contributed by atoms with Crippen LogP contribution in [0.25, 0.3) is 0 Å². The van der Waals surface area contributed by atoms with Crippen LogP contribution in [0.15, 0.2) is 61.2 Å². The summed E-state index contributed by atoms with van der Waals surface area (Å²) >= 11 is 6.09. The molecule has 0 radical (unpaired) electrons. The first-order chi connectivity index (χ1) is 10.1. The number of carbonyl (C=O) groups excluding carboxylic acids is 1. The quantitative estimate of drug-likeness (QED) is 0.848. The molecule has 2 atom stereocenters. The number of ether oxygens (including phenoxy) is 1. The third kappa shape index (κ3) is 3.17. The molecular formula is C16H16ClNO3. The smallest absolute Gasteiger partial charge is 0.413 e. The van der Waals surface area contributed by atoms with Crippen LogP contribution in [0.2, 0.25) is 5.02 Å². The highest BCUT2D eigenvalue weighted by atomic mass is 35.5. The number of nitrogens with zero attached hydrogens (tertiary/aromatic N) is 1. The van der Waals surface area contributed by atoms with E-state index in [4.69, 9.17) is 16.3 Å². The Morgan fingerprint density at radius 1 is 1.43 bits per heavy atom. The summed E-state index contributed by atoms with van der Waals surface area (Å²) in [5.41, 5.74) is 1.33. The number of cyclic esters (lactones) is 1.